The first kappa shape index (κ1) is 18.0. The number of hydrogen-bond donors (Lipinski definition) is 0. The van der Waals surface area contributed by atoms with Crippen molar-refractivity contribution in [1.29, 1.82) is 5.26 Å². The third kappa shape index (κ3) is 5.05. The number of carbonyl (C=O) groups excluding carboxylic acids is 1. The van der Waals surface area contributed by atoms with E-state index in [2.05, 4.69) is 36.6 Å². The number of nitriles is 1. The summed E-state index contributed by atoms with van der Waals surface area (Å²) in [6, 6.07) is 2.24. The van der Waals surface area contributed by atoms with E-state index >= 15 is 0 Å². The van der Waals surface area contributed by atoms with E-state index in [1.54, 1.807) is 6.08 Å². The van der Waals surface area contributed by atoms with Gasteiger partial charge in [-0.25, -0.2) is 0 Å². The maximum absolute atomic E-state index is 12.5. The molecule has 23 heavy (non-hydrogen) atoms. The molecule has 5 heteroatoms. The maximum atomic E-state index is 12.5. The summed E-state index contributed by atoms with van der Waals surface area (Å²) < 4.78 is 0. The first-order valence-electron chi connectivity index (χ1n) is 8.73. The second kappa shape index (κ2) is 7.94. The molecule has 0 saturated carbocycles. The summed E-state index contributed by atoms with van der Waals surface area (Å²) in [5.74, 6) is 0.0537. The molecule has 2 heterocycles. The molecular weight excluding hydrogens is 288 g/mol. The smallest absolute Gasteiger partial charge is 0.246 e. The molecule has 0 aromatic carbocycles. The van der Waals surface area contributed by atoms with Crippen LogP contribution in [-0.2, 0) is 4.79 Å². The zero-order valence-electron chi connectivity index (χ0n) is 14.8. The van der Waals surface area contributed by atoms with Gasteiger partial charge in [0, 0.05) is 37.8 Å². The fourth-order valence-electron chi connectivity index (χ4n) is 3.40. The van der Waals surface area contributed by atoms with E-state index in [-0.39, 0.29) is 17.5 Å². The summed E-state index contributed by atoms with van der Waals surface area (Å²) in [4.78, 5) is 19.1. The van der Waals surface area contributed by atoms with Crippen molar-refractivity contribution in [3.63, 3.8) is 0 Å². The van der Waals surface area contributed by atoms with Crippen LogP contribution in [0, 0.1) is 11.3 Å². The minimum absolute atomic E-state index is 0.00286. The Hall–Kier alpha value is -1.38. The molecular formula is C18H30N4O. The highest BCUT2D eigenvalue weighted by Gasteiger charge is 2.33. The molecule has 2 saturated heterocycles. The Morgan fingerprint density at radius 3 is 2.52 bits per heavy atom. The highest BCUT2D eigenvalue weighted by Crippen LogP contribution is 2.21. The van der Waals surface area contributed by atoms with E-state index in [1.165, 1.54) is 12.8 Å². The molecule has 0 radical (unpaired) electrons. The molecule has 0 aliphatic carbocycles. The normalized spacial score (nSPS) is 24.3. The first-order valence-corrected chi connectivity index (χ1v) is 8.73. The molecule has 1 atom stereocenters. The second-order valence-corrected chi connectivity index (χ2v) is 7.57. The third-order valence-corrected chi connectivity index (χ3v) is 4.86. The van der Waals surface area contributed by atoms with Gasteiger partial charge in [-0.1, -0.05) is 6.08 Å². The number of rotatable bonds is 4. The molecule has 5 nitrogen and oxygen atoms in total. The lowest BCUT2D eigenvalue weighted by Crippen LogP contribution is -2.59. The Kier molecular flexibility index (Phi) is 6.20. The Morgan fingerprint density at radius 2 is 1.91 bits per heavy atom. The maximum Gasteiger partial charge on any atom is 0.246 e. The first-order chi connectivity index (χ1) is 10.9. The van der Waals surface area contributed by atoms with Crippen LogP contribution >= 0.6 is 0 Å². The Balaban J connectivity index is 1.92. The van der Waals surface area contributed by atoms with Crippen LogP contribution in [0.5, 0.6) is 0 Å². The van der Waals surface area contributed by atoms with Crippen LogP contribution in [0.2, 0.25) is 0 Å². The Bertz CT molecular complexity index is 468. The zero-order valence-corrected chi connectivity index (χ0v) is 14.8. The number of nitrogens with zero attached hydrogens (tertiary/aromatic N) is 4. The summed E-state index contributed by atoms with van der Waals surface area (Å²) in [5.41, 5.74) is 0.0778. The summed E-state index contributed by atoms with van der Waals surface area (Å²) in [6.45, 7) is 12.0. The van der Waals surface area contributed by atoms with Crippen molar-refractivity contribution in [3.05, 3.63) is 12.2 Å². The van der Waals surface area contributed by atoms with E-state index in [9.17, 15) is 4.79 Å². The van der Waals surface area contributed by atoms with Gasteiger partial charge in [0.1, 0.15) is 0 Å². The zero-order chi connectivity index (χ0) is 16.9. The molecule has 1 amide bonds. The van der Waals surface area contributed by atoms with E-state index < -0.39 is 0 Å². The largest absolute Gasteiger partial charge is 0.333 e. The van der Waals surface area contributed by atoms with Crippen LogP contribution in [0.15, 0.2) is 12.2 Å². The highest BCUT2D eigenvalue weighted by molar-refractivity contribution is 5.88. The molecule has 2 aliphatic heterocycles. The van der Waals surface area contributed by atoms with Crippen molar-refractivity contribution < 1.29 is 4.79 Å². The highest BCUT2D eigenvalue weighted by atomic mass is 16.2. The van der Waals surface area contributed by atoms with Gasteiger partial charge in [0.2, 0.25) is 5.91 Å². The quantitative estimate of drug-likeness (QED) is 0.743. The van der Waals surface area contributed by atoms with Crippen molar-refractivity contribution in [3.8, 4) is 6.07 Å². The van der Waals surface area contributed by atoms with Crippen molar-refractivity contribution in [2.45, 2.75) is 51.6 Å². The van der Waals surface area contributed by atoms with Crippen LogP contribution in [0.3, 0.4) is 0 Å². The van der Waals surface area contributed by atoms with Crippen LogP contribution in [0.1, 0.15) is 40.0 Å². The number of carbonyl (C=O) groups is 1. The lowest BCUT2D eigenvalue weighted by atomic mass is 10.0. The molecule has 0 aromatic rings. The van der Waals surface area contributed by atoms with Crippen molar-refractivity contribution in [2.75, 3.05) is 39.3 Å². The van der Waals surface area contributed by atoms with Crippen LogP contribution in [0.25, 0.3) is 0 Å². The van der Waals surface area contributed by atoms with Gasteiger partial charge in [-0.15, -0.1) is 0 Å². The van der Waals surface area contributed by atoms with Gasteiger partial charge in [-0.05, 0) is 46.7 Å². The molecule has 0 aromatic heterocycles. The van der Waals surface area contributed by atoms with Gasteiger partial charge in [0.15, 0.2) is 0 Å². The monoisotopic (exact) mass is 318 g/mol. The fourth-order valence-corrected chi connectivity index (χ4v) is 3.40. The average Bonchev–Trinajstić information content (AvgIpc) is 3.00. The number of piperazine rings is 1. The summed E-state index contributed by atoms with van der Waals surface area (Å²) in [5, 5.41) is 9.10. The number of likely N-dealkylation sites (tertiary alicyclic amines) is 1. The molecule has 2 fully saturated rings. The Labute approximate surface area is 140 Å². The van der Waals surface area contributed by atoms with Gasteiger partial charge < -0.3 is 4.90 Å². The van der Waals surface area contributed by atoms with Crippen LogP contribution in [0.4, 0.5) is 0 Å². The minimum atomic E-state index is -0.00286. The van der Waals surface area contributed by atoms with Gasteiger partial charge in [0.05, 0.1) is 18.5 Å². The predicted octanol–water partition coefficient (Wildman–Crippen LogP) is 1.86. The standard InChI is InChI=1S/C18H30N4O/c1-18(2,3)21-13-14-22(16(15-21)8-9-19)17(23)7-6-12-20-10-4-5-11-20/h6-7,16H,4-5,8,10-15H2,1-3H3/b7-6+/t16-/m0/s1. The average molecular weight is 318 g/mol. The molecule has 128 valence electrons. The minimum Gasteiger partial charge on any atom is -0.333 e. The van der Waals surface area contributed by atoms with Gasteiger partial charge >= 0.3 is 0 Å². The van der Waals surface area contributed by atoms with E-state index in [0.29, 0.717) is 13.0 Å². The number of amides is 1. The van der Waals surface area contributed by atoms with Crippen molar-refractivity contribution >= 4 is 5.91 Å². The second-order valence-electron chi connectivity index (χ2n) is 7.57. The van der Waals surface area contributed by atoms with Crippen LogP contribution < -0.4 is 0 Å². The lowest BCUT2D eigenvalue weighted by molar-refractivity contribution is -0.131. The van der Waals surface area contributed by atoms with E-state index in [1.807, 2.05) is 11.0 Å². The molecule has 2 rings (SSSR count). The molecule has 0 spiro atoms. The lowest BCUT2D eigenvalue weighted by Gasteiger charge is -2.46. The summed E-state index contributed by atoms with van der Waals surface area (Å²) in [7, 11) is 0. The topological polar surface area (TPSA) is 50.6 Å². The van der Waals surface area contributed by atoms with Gasteiger partial charge in [-0.2, -0.15) is 5.26 Å². The molecule has 0 bridgehead atoms. The molecule has 0 unspecified atom stereocenters. The number of hydrogen-bond acceptors (Lipinski definition) is 4. The summed E-state index contributed by atoms with van der Waals surface area (Å²) in [6.07, 6.45) is 6.61. The fraction of sp³-hybridized carbons (Fsp3) is 0.778. The Morgan fingerprint density at radius 1 is 1.22 bits per heavy atom. The van der Waals surface area contributed by atoms with E-state index in [4.69, 9.17) is 5.26 Å². The predicted molar refractivity (Wildman–Crippen MR) is 91.9 cm³/mol. The van der Waals surface area contributed by atoms with Crippen molar-refractivity contribution in [1.82, 2.24) is 14.7 Å². The van der Waals surface area contributed by atoms with Crippen molar-refractivity contribution in [2.24, 2.45) is 0 Å². The molecule has 2 aliphatic rings. The van der Waals surface area contributed by atoms with Gasteiger partial charge in [0.25, 0.3) is 0 Å². The summed E-state index contributed by atoms with van der Waals surface area (Å²) >= 11 is 0. The van der Waals surface area contributed by atoms with Gasteiger partial charge in [-0.3, -0.25) is 14.6 Å². The third-order valence-electron chi connectivity index (χ3n) is 4.86. The van der Waals surface area contributed by atoms with E-state index in [0.717, 1.165) is 32.7 Å². The molecule has 0 N–H and O–H groups in total. The van der Waals surface area contributed by atoms with Crippen LogP contribution in [-0.4, -0.2) is 71.5 Å². The SMILES string of the molecule is CC(C)(C)N1CCN(C(=O)/C=C/CN2CCCC2)[C@@H](CC#N)C1.